The highest BCUT2D eigenvalue weighted by molar-refractivity contribution is 6.17. The second-order valence-electron chi connectivity index (χ2n) is 14.1. The Bertz CT molecular complexity index is 3210. The number of fused-ring (bicyclic) bond motifs is 9. The van der Waals surface area contributed by atoms with Crippen LogP contribution >= 0.6 is 0 Å². The Kier molecular flexibility index (Phi) is 6.90. The quantitative estimate of drug-likeness (QED) is 0.168. The first-order valence-electron chi connectivity index (χ1n) is 18.5. The van der Waals surface area contributed by atoms with Crippen LogP contribution in [0.5, 0.6) is 0 Å². The second-order valence-corrected chi connectivity index (χ2v) is 14.1. The van der Waals surface area contributed by atoms with Crippen LogP contribution in [-0.2, 0) is 0 Å². The molecule has 11 rings (SSSR count). The van der Waals surface area contributed by atoms with Crippen LogP contribution in [-0.4, -0.2) is 0 Å². The van der Waals surface area contributed by atoms with E-state index in [4.69, 9.17) is 4.42 Å². The minimum Gasteiger partial charge on any atom is -0.455 e. The van der Waals surface area contributed by atoms with Gasteiger partial charge in [-0.05, 0) is 109 Å². The van der Waals surface area contributed by atoms with Gasteiger partial charge in [0.2, 0.25) is 0 Å². The molecule has 0 N–H and O–H groups in total. The van der Waals surface area contributed by atoms with Crippen LogP contribution < -0.4 is 4.90 Å². The Morgan fingerprint density at radius 2 is 0.926 bits per heavy atom. The van der Waals surface area contributed by atoms with Crippen molar-refractivity contribution < 1.29 is 4.42 Å². The predicted molar refractivity (Wildman–Crippen MR) is 229 cm³/mol. The molecule has 11 aromatic rings. The monoisotopic (exact) mass is 687 g/mol. The first kappa shape index (κ1) is 30.5. The zero-order chi connectivity index (χ0) is 35.6. The number of anilines is 3. The lowest BCUT2D eigenvalue weighted by atomic mass is 9.91. The highest BCUT2D eigenvalue weighted by Gasteiger charge is 2.20. The molecule has 0 radical (unpaired) electrons. The topological polar surface area (TPSA) is 16.4 Å². The van der Waals surface area contributed by atoms with Crippen molar-refractivity contribution in [2.45, 2.75) is 0 Å². The van der Waals surface area contributed by atoms with Gasteiger partial charge < -0.3 is 9.32 Å². The second kappa shape index (κ2) is 12.2. The van der Waals surface area contributed by atoms with Crippen LogP contribution in [0.3, 0.4) is 0 Å². The molecule has 54 heavy (non-hydrogen) atoms. The number of hydrogen-bond donors (Lipinski definition) is 0. The van der Waals surface area contributed by atoms with Crippen LogP contribution in [0.1, 0.15) is 0 Å². The van der Waals surface area contributed by atoms with Crippen LogP contribution in [0.4, 0.5) is 17.1 Å². The summed E-state index contributed by atoms with van der Waals surface area (Å²) in [7, 11) is 0. The molecule has 0 fully saturated rings. The molecule has 1 heterocycles. The lowest BCUT2D eigenvalue weighted by Gasteiger charge is -2.28. The summed E-state index contributed by atoms with van der Waals surface area (Å²) in [6, 6.07) is 72.4. The third kappa shape index (κ3) is 4.88. The van der Waals surface area contributed by atoms with Crippen LogP contribution in [0.15, 0.2) is 205 Å². The number of benzene rings is 10. The Morgan fingerprint density at radius 3 is 1.72 bits per heavy atom. The van der Waals surface area contributed by atoms with E-state index in [9.17, 15) is 0 Å². The van der Waals surface area contributed by atoms with E-state index in [-0.39, 0.29) is 0 Å². The first-order chi connectivity index (χ1) is 26.8. The Hall–Kier alpha value is -7.16. The largest absolute Gasteiger partial charge is 0.455 e. The summed E-state index contributed by atoms with van der Waals surface area (Å²) in [5, 5.41) is 11.9. The molecule has 252 valence electrons. The van der Waals surface area contributed by atoms with Gasteiger partial charge in [0.1, 0.15) is 11.2 Å². The molecule has 0 amide bonds. The van der Waals surface area contributed by atoms with Gasteiger partial charge in [-0.2, -0.15) is 0 Å². The van der Waals surface area contributed by atoms with Crippen molar-refractivity contribution in [3.05, 3.63) is 200 Å². The van der Waals surface area contributed by atoms with Crippen molar-refractivity contribution in [1.82, 2.24) is 0 Å². The first-order valence-corrected chi connectivity index (χ1v) is 18.5. The van der Waals surface area contributed by atoms with Gasteiger partial charge in [-0.3, -0.25) is 0 Å². The van der Waals surface area contributed by atoms with Crippen molar-refractivity contribution in [3.8, 4) is 22.3 Å². The number of hydrogen-bond acceptors (Lipinski definition) is 2. The molecule has 0 saturated heterocycles. The maximum absolute atomic E-state index is 6.58. The van der Waals surface area contributed by atoms with Crippen molar-refractivity contribution in [2.24, 2.45) is 0 Å². The third-order valence-electron chi connectivity index (χ3n) is 11.0. The van der Waals surface area contributed by atoms with E-state index in [0.717, 1.165) is 44.4 Å². The molecular formula is C52H33NO. The van der Waals surface area contributed by atoms with E-state index in [1.807, 2.05) is 0 Å². The summed E-state index contributed by atoms with van der Waals surface area (Å²) < 4.78 is 6.58. The van der Waals surface area contributed by atoms with Gasteiger partial charge in [0, 0.05) is 32.9 Å². The minimum absolute atomic E-state index is 0.880. The summed E-state index contributed by atoms with van der Waals surface area (Å²) in [5.41, 5.74) is 9.85. The molecule has 0 aliphatic carbocycles. The fraction of sp³-hybridized carbons (Fsp3) is 0. The lowest BCUT2D eigenvalue weighted by molar-refractivity contribution is 0.672. The summed E-state index contributed by atoms with van der Waals surface area (Å²) >= 11 is 0. The van der Waals surface area contributed by atoms with E-state index in [1.54, 1.807) is 0 Å². The summed E-state index contributed by atoms with van der Waals surface area (Å²) in [6.45, 7) is 0. The average Bonchev–Trinajstić information content (AvgIpc) is 3.63. The fourth-order valence-electron chi connectivity index (χ4n) is 8.42. The molecule has 0 saturated carbocycles. The van der Waals surface area contributed by atoms with E-state index >= 15 is 0 Å². The molecule has 10 aromatic carbocycles. The maximum atomic E-state index is 6.58. The normalized spacial score (nSPS) is 11.7. The highest BCUT2D eigenvalue weighted by Crippen LogP contribution is 2.45. The zero-order valence-corrected chi connectivity index (χ0v) is 29.4. The molecule has 2 heteroatoms. The summed E-state index contributed by atoms with van der Waals surface area (Å²) in [6.07, 6.45) is 0. The van der Waals surface area contributed by atoms with E-state index in [0.29, 0.717) is 0 Å². The molecule has 0 aliphatic heterocycles. The zero-order valence-electron chi connectivity index (χ0n) is 29.4. The predicted octanol–water partition coefficient (Wildman–Crippen LogP) is 15.0. The van der Waals surface area contributed by atoms with Crippen LogP contribution in [0.2, 0.25) is 0 Å². The molecule has 0 atom stereocenters. The van der Waals surface area contributed by atoms with Gasteiger partial charge in [-0.1, -0.05) is 146 Å². The molecule has 1 aromatic heterocycles. The van der Waals surface area contributed by atoms with Gasteiger partial charge in [0.25, 0.3) is 0 Å². The van der Waals surface area contributed by atoms with E-state index < -0.39 is 0 Å². The van der Waals surface area contributed by atoms with Gasteiger partial charge in [-0.25, -0.2) is 0 Å². The Morgan fingerprint density at radius 1 is 0.315 bits per heavy atom. The molecule has 0 aliphatic rings. The lowest BCUT2D eigenvalue weighted by Crippen LogP contribution is -2.10. The van der Waals surface area contributed by atoms with Crippen molar-refractivity contribution in [1.29, 1.82) is 0 Å². The van der Waals surface area contributed by atoms with Gasteiger partial charge in [0.05, 0.1) is 5.69 Å². The molecule has 0 bridgehead atoms. The van der Waals surface area contributed by atoms with Gasteiger partial charge >= 0.3 is 0 Å². The number of rotatable bonds is 5. The average molecular weight is 688 g/mol. The van der Waals surface area contributed by atoms with Crippen molar-refractivity contribution in [3.63, 3.8) is 0 Å². The molecule has 2 nitrogen and oxygen atoms in total. The smallest absolute Gasteiger partial charge is 0.143 e. The van der Waals surface area contributed by atoms with Gasteiger partial charge in [0.15, 0.2) is 0 Å². The summed E-state index contributed by atoms with van der Waals surface area (Å²) in [5.74, 6) is 0. The van der Waals surface area contributed by atoms with E-state index in [1.165, 1.54) is 60.0 Å². The molecular weight excluding hydrogens is 655 g/mol. The number of furan rings is 1. The molecule has 0 unspecified atom stereocenters. The van der Waals surface area contributed by atoms with Gasteiger partial charge in [-0.15, -0.1) is 0 Å². The van der Waals surface area contributed by atoms with Crippen molar-refractivity contribution in [2.75, 3.05) is 4.90 Å². The standard InChI is InChI=1S/C52H33NO/c1-2-12-34(13-3-1)35-22-25-40(26-23-35)53(41-27-29-51-49(33-41)47-28-24-36-14-4-9-19-44(36)52(47)54-51)50-32-39(30-37-15-6-8-18-43(37)50)48-31-38-16-5-7-17-42(38)45-20-10-11-21-46(45)48/h1-33H. The maximum Gasteiger partial charge on any atom is 0.143 e. The van der Waals surface area contributed by atoms with Crippen LogP contribution in [0, 0.1) is 0 Å². The highest BCUT2D eigenvalue weighted by atomic mass is 16.3. The van der Waals surface area contributed by atoms with Crippen LogP contribution in [0.25, 0.3) is 87.3 Å². The third-order valence-corrected chi connectivity index (χ3v) is 11.0. The summed E-state index contributed by atoms with van der Waals surface area (Å²) in [4.78, 5) is 2.42. The minimum atomic E-state index is 0.880. The van der Waals surface area contributed by atoms with E-state index in [2.05, 4.69) is 205 Å². The fourth-order valence-corrected chi connectivity index (χ4v) is 8.42. The van der Waals surface area contributed by atoms with Crippen molar-refractivity contribution >= 4 is 82.1 Å². The Labute approximate surface area is 312 Å². The molecule has 0 spiro atoms. The Balaban J connectivity index is 1.18. The number of nitrogens with zero attached hydrogens (tertiary/aromatic N) is 1. The SMILES string of the molecule is c1ccc(-c2ccc(N(c3ccc4oc5c6ccccc6ccc5c4c3)c3cc(-c4cc5ccccc5c5ccccc45)cc4ccccc34)cc2)cc1.